The molecular formula is C14H23ClN4O2. The molecule has 0 unspecified atom stereocenters. The summed E-state index contributed by atoms with van der Waals surface area (Å²) in [5.74, 6) is -0.0866. The molecule has 1 aliphatic heterocycles. The molecule has 1 amide bonds. The zero-order valence-corrected chi connectivity index (χ0v) is 13.2. The Morgan fingerprint density at radius 3 is 2.62 bits per heavy atom. The highest BCUT2D eigenvalue weighted by Crippen LogP contribution is 2.25. The number of nitrogens with one attached hydrogen (secondary N) is 1. The van der Waals surface area contributed by atoms with Crippen LogP contribution in [0.15, 0.2) is 18.2 Å². The summed E-state index contributed by atoms with van der Waals surface area (Å²) in [5, 5.41) is 12.5. The number of hydrogen-bond acceptors (Lipinski definition) is 4. The number of benzene rings is 1. The maximum atomic E-state index is 12.1. The maximum Gasteiger partial charge on any atom is 0.279 e. The van der Waals surface area contributed by atoms with Crippen molar-refractivity contribution in [2.75, 3.05) is 57.9 Å². The molecule has 6 nitrogen and oxygen atoms in total. The van der Waals surface area contributed by atoms with Gasteiger partial charge < -0.3 is 33.0 Å². The van der Waals surface area contributed by atoms with E-state index in [2.05, 4.69) is 24.3 Å². The minimum atomic E-state index is -0.0860. The average Bonchev–Trinajstić information content (AvgIpc) is 2.37. The van der Waals surface area contributed by atoms with Crippen molar-refractivity contribution in [2.24, 2.45) is 0 Å². The third-order valence-corrected chi connectivity index (χ3v) is 3.86. The predicted molar refractivity (Wildman–Crippen MR) is 79.4 cm³/mol. The van der Waals surface area contributed by atoms with Crippen LogP contribution < -0.4 is 23.5 Å². The van der Waals surface area contributed by atoms with Crippen LogP contribution in [0.4, 0.5) is 11.4 Å². The van der Waals surface area contributed by atoms with Crippen LogP contribution in [-0.2, 0) is 4.79 Å². The highest BCUT2D eigenvalue weighted by Gasteiger charge is 2.29. The van der Waals surface area contributed by atoms with Gasteiger partial charge in [0.1, 0.15) is 5.75 Å². The van der Waals surface area contributed by atoms with Gasteiger partial charge in [0.15, 0.2) is 6.54 Å². The molecule has 0 bridgehead atoms. The summed E-state index contributed by atoms with van der Waals surface area (Å²) in [7, 11) is 4.19. The maximum absolute atomic E-state index is 12.1. The van der Waals surface area contributed by atoms with E-state index >= 15 is 0 Å². The van der Waals surface area contributed by atoms with Crippen LogP contribution >= 0.6 is 0 Å². The molecule has 1 fully saturated rings. The Bertz CT molecular complexity index is 502. The van der Waals surface area contributed by atoms with Crippen molar-refractivity contribution in [3.8, 4) is 5.75 Å². The van der Waals surface area contributed by atoms with Crippen molar-refractivity contribution in [2.45, 2.75) is 0 Å². The SMILES string of the molecule is CN1CC[N+](C)(CC(=O)Nc2ccc(N)cc2O)CC1.[Cl-]. The number of carbonyl (C=O) groups excluding carboxylic acids is 1. The summed E-state index contributed by atoms with van der Waals surface area (Å²) in [5.41, 5.74) is 6.44. The van der Waals surface area contributed by atoms with Crippen LogP contribution in [0.25, 0.3) is 0 Å². The molecule has 118 valence electrons. The number of likely N-dealkylation sites (N-methyl/N-ethyl adjacent to an activating group) is 2. The second-order valence-corrected chi connectivity index (χ2v) is 5.85. The molecule has 2 rings (SSSR count). The molecule has 1 aromatic rings. The first-order valence-corrected chi connectivity index (χ1v) is 6.78. The fraction of sp³-hybridized carbons (Fsp3) is 0.500. The number of phenolic OH excluding ortho intramolecular Hbond substituents is 1. The van der Waals surface area contributed by atoms with E-state index in [9.17, 15) is 9.90 Å². The third kappa shape index (κ3) is 4.77. The second kappa shape index (κ2) is 6.98. The Balaban J connectivity index is 0.00000220. The van der Waals surface area contributed by atoms with E-state index < -0.39 is 0 Å². The van der Waals surface area contributed by atoms with Crippen molar-refractivity contribution < 1.29 is 26.8 Å². The highest BCUT2D eigenvalue weighted by molar-refractivity contribution is 5.93. The summed E-state index contributed by atoms with van der Waals surface area (Å²) in [6.07, 6.45) is 0. The molecule has 1 aromatic carbocycles. The molecule has 0 aliphatic carbocycles. The summed E-state index contributed by atoms with van der Waals surface area (Å²) >= 11 is 0. The quantitative estimate of drug-likeness (QED) is 0.322. The molecule has 7 heteroatoms. The molecule has 0 radical (unpaired) electrons. The molecule has 0 atom stereocenters. The van der Waals surface area contributed by atoms with Gasteiger partial charge in [-0.15, -0.1) is 0 Å². The zero-order chi connectivity index (χ0) is 14.8. The third-order valence-electron chi connectivity index (χ3n) is 3.86. The van der Waals surface area contributed by atoms with Gasteiger partial charge in [0.25, 0.3) is 5.91 Å². The zero-order valence-electron chi connectivity index (χ0n) is 12.5. The van der Waals surface area contributed by atoms with Gasteiger partial charge in [-0.1, -0.05) is 0 Å². The van der Waals surface area contributed by atoms with Crippen molar-refractivity contribution in [1.82, 2.24) is 4.90 Å². The van der Waals surface area contributed by atoms with Crippen LogP contribution in [0.1, 0.15) is 0 Å². The first-order valence-electron chi connectivity index (χ1n) is 6.78. The second-order valence-electron chi connectivity index (χ2n) is 5.85. The van der Waals surface area contributed by atoms with E-state index in [-0.39, 0.29) is 24.1 Å². The summed E-state index contributed by atoms with van der Waals surface area (Å²) < 4.78 is 0.728. The summed E-state index contributed by atoms with van der Waals surface area (Å²) in [6, 6.07) is 4.70. The van der Waals surface area contributed by atoms with Crippen molar-refractivity contribution in [1.29, 1.82) is 0 Å². The number of rotatable bonds is 3. The van der Waals surface area contributed by atoms with E-state index in [1.807, 2.05) is 0 Å². The molecule has 1 heterocycles. The Hall–Kier alpha value is -1.50. The molecule has 0 saturated carbocycles. The van der Waals surface area contributed by atoms with Gasteiger partial charge in [0, 0.05) is 24.8 Å². The number of hydrogen-bond donors (Lipinski definition) is 3. The van der Waals surface area contributed by atoms with Crippen LogP contribution in [-0.4, -0.2) is 67.2 Å². The number of nitrogens with two attached hydrogens (primary N) is 1. The standard InChI is InChI=1S/C14H22N4O2.ClH/c1-17-5-7-18(2,8-6-17)10-14(20)16-12-4-3-11(15)9-13(12)19;/h3-4,9H,5-8,10,15H2,1-2H3,(H-,16,19,20);1H. The van der Waals surface area contributed by atoms with Crippen LogP contribution in [0.3, 0.4) is 0 Å². The number of piperazine rings is 1. The van der Waals surface area contributed by atoms with Crippen molar-refractivity contribution in [3.63, 3.8) is 0 Å². The van der Waals surface area contributed by atoms with Gasteiger partial charge in [0.2, 0.25) is 0 Å². The number of amides is 1. The highest BCUT2D eigenvalue weighted by atomic mass is 35.5. The molecule has 0 spiro atoms. The van der Waals surface area contributed by atoms with Gasteiger partial charge in [0.05, 0.1) is 25.8 Å². The number of aromatic hydroxyl groups is 1. The fourth-order valence-electron chi connectivity index (χ4n) is 2.40. The fourth-order valence-corrected chi connectivity index (χ4v) is 2.40. The minimum absolute atomic E-state index is 0. The largest absolute Gasteiger partial charge is 1.00 e. The van der Waals surface area contributed by atoms with E-state index in [4.69, 9.17) is 5.73 Å². The van der Waals surface area contributed by atoms with Crippen LogP contribution in [0, 0.1) is 0 Å². The Morgan fingerprint density at radius 2 is 2.05 bits per heavy atom. The number of nitrogen functional groups attached to an aromatic ring is 1. The first kappa shape index (κ1) is 17.6. The van der Waals surface area contributed by atoms with E-state index in [0.717, 1.165) is 30.7 Å². The number of halogens is 1. The number of anilines is 2. The average molecular weight is 315 g/mol. The smallest absolute Gasteiger partial charge is 0.279 e. The minimum Gasteiger partial charge on any atom is -1.00 e. The lowest BCUT2D eigenvalue weighted by Crippen LogP contribution is -3.00. The molecule has 1 saturated heterocycles. The number of carbonyl (C=O) groups is 1. The Morgan fingerprint density at radius 1 is 1.43 bits per heavy atom. The monoisotopic (exact) mass is 314 g/mol. The Kier molecular flexibility index (Phi) is 5.83. The lowest BCUT2D eigenvalue weighted by molar-refractivity contribution is -0.905. The van der Waals surface area contributed by atoms with E-state index in [1.54, 1.807) is 12.1 Å². The molecule has 4 N–H and O–H groups in total. The number of nitrogens with zero attached hydrogens (tertiary/aromatic N) is 2. The van der Waals surface area contributed by atoms with Gasteiger partial charge >= 0.3 is 0 Å². The topological polar surface area (TPSA) is 78.6 Å². The van der Waals surface area contributed by atoms with Gasteiger partial charge in [-0.25, -0.2) is 0 Å². The number of quaternary nitrogens is 1. The van der Waals surface area contributed by atoms with Gasteiger partial charge in [-0.05, 0) is 19.2 Å². The normalized spacial score (nSPS) is 17.8. The summed E-state index contributed by atoms with van der Waals surface area (Å²) in [4.78, 5) is 14.4. The molecule has 0 aromatic heterocycles. The van der Waals surface area contributed by atoms with E-state index in [1.165, 1.54) is 6.07 Å². The van der Waals surface area contributed by atoms with E-state index in [0.29, 0.717) is 17.9 Å². The van der Waals surface area contributed by atoms with Gasteiger partial charge in [-0.3, -0.25) is 9.69 Å². The van der Waals surface area contributed by atoms with Gasteiger partial charge in [-0.2, -0.15) is 0 Å². The van der Waals surface area contributed by atoms with Crippen LogP contribution in [0.5, 0.6) is 5.75 Å². The summed E-state index contributed by atoms with van der Waals surface area (Å²) in [6.45, 7) is 4.32. The lowest BCUT2D eigenvalue weighted by Gasteiger charge is -2.40. The predicted octanol–water partition coefficient (Wildman–Crippen LogP) is -2.69. The van der Waals surface area contributed by atoms with Crippen LogP contribution in [0.2, 0.25) is 0 Å². The number of phenols is 1. The molecular weight excluding hydrogens is 292 g/mol. The van der Waals surface area contributed by atoms with Crippen molar-refractivity contribution in [3.05, 3.63) is 18.2 Å². The first-order chi connectivity index (χ1) is 9.38. The molecule has 1 aliphatic rings. The molecule has 21 heavy (non-hydrogen) atoms. The Labute approximate surface area is 131 Å². The lowest BCUT2D eigenvalue weighted by atomic mass is 10.2. The van der Waals surface area contributed by atoms with Crippen molar-refractivity contribution >= 4 is 17.3 Å².